The summed E-state index contributed by atoms with van der Waals surface area (Å²) in [5.41, 5.74) is 1.07. The molecular formula is C32H38N4O7S. The lowest BCUT2D eigenvalue weighted by Gasteiger charge is -2.32. The summed E-state index contributed by atoms with van der Waals surface area (Å²) in [6, 6.07) is 18.4. The highest BCUT2D eigenvalue weighted by Gasteiger charge is 2.34. The average molecular weight is 623 g/mol. The minimum atomic E-state index is -4.47. The smallest absolute Gasteiger partial charge is 0.273 e. The molecule has 1 fully saturated rings. The second-order valence-electron chi connectivity index (χ2n) is 10.9. The van der Waals surface area contributed by atoms with E-state index in [4.69, 9.17) is 4.74 Å². The molecule has 1 unspecified atom stereocenters. The lowest BCUT2D eigenvalue weighted by Crippen LogP contribution is -2.53. The van der Waals surface area contributed by atoms with Crippen LogP contribution in [0.25, 0.3) is 0 Å². The van der Waals surface area contributed by atoms with E-state index in [-0.39, 0.29) is 34.8 Å². The Balaban J connectivity index is 1.69. The number of aryl methyl sites for hydroxylation is 1. The highest BCUT2D eigenvalue weighted by molar-refractivity contribution is 7.92. The number of nitrogens with one attached hydrogen (secondary N) is 1. The van der Waals surface area contributed by atoms with Crippen molar-refractivity contribution in [3.63, 3.8) is 0 Å². The second-order valence-corrected chi connectivity index (χ2v) is 12.8. The van der Waals surface area contributed by atoms with Gasteiger partial charge in [0.25, 0.3) is 15.7 Å². The average Bonchev–Trinajstić information content (AvgIpc) is 3.53. The van der Waals surface area contributed by atoms with Crippen LogP contribution in [-0.2, 0) is 26.0 Å². The minimum Gasteiger partial charge on any atom is -0.497 e. The third-order valence-corrected chi connectivity index (χ3v) is 9.73. The summed E-state index contributed by atoms with van der Waals surface area (Å²) in [6.45, 7) is 2.70. The molecule has 1 aliphatic rings. The number of nitro benzene ring substituents is 1. The van der Waals surface area contributed by atoms with Gasteiger partial charge in [-0.3, -0.25) is 24.0 Å². The fraction of sp³-hybridized carbons (Fsp3) is 0.375. The number of anilines is 1. The van der Waals surface area contributed by atoms with Crippen LogP contribution in [0.1, 0.15) is 43.7 Å². The molecule has 4 rings (SSSR count). The van der Waals surface area contributed by atoms with Gasteiger partial charge < -0.3 is 15.0 Å². The zero-order chi connectivity index (χ0) is 31.9. The zero-order valence-electron chi connectivity index (χ0n) is 25.1. The summed E-state index contributed by atoms with van der Waals surface area (Å²) in [5, 5.41) is 14.7. The Hall–Kier alpha value is -4.45. The predicted octanol–water partition coefficient (Wildman–Crippen LogP) is 4.63. The van der Waals surface area contributed by atoms with Crippen molar-refractivity contribution in [1.82, 2.24) is 10.2 Å². The lowest BCUT2D eigenvalue weighted by atomic mass is 10.1. The topological polar surface area (TPSA) is 139 Å². The molecule has 1 aliphatic carbocycles. The number of hydrogen-bond donors (Lipinski definition) is 1. The Morgan fingerprint density at radius 3 is 2.32 bits per heavy atom. The van der Waals surface area contributed by atoms with Gasteiger partial charge in [-0.1, -0.05) is 49.2 Å². The van der Waals surface area contributed by atoms with Crippen LogP contribution in [0.5, 0.6) is 5.75 Å². The van der Waals surface area contributed by atoms with E-state index in [0.717, 1.165) is 41.6 Å². The van der Waals surface area contributed by atoms with E-state index in [0.29, 0.717) is 17.7 Å². The monoisotopic (exact) mass is 622 g/mol. The Labute approximate surface area is 258 Å². The highest BCUT2D eigenvalue weighted by Crippen LogP contribution is 2.29. The van der Waals surface area contributed by atoms with E-state index >= 15 is 0 Å². The molecule has 11 nitrogen and oxygen atoms in total. The first-order chi connectivity index (χ1) is 21.0. The van der Waals surface area contributed by atoms with Crippen LogP contribution in [-0.4, -0.2) is 62.3 Å². The Kier molecular flexibility index (Phi) is 10.6. The van der Waals surface area contributed by atoms with Crippen LogP contribution in [0.2, 0.25) is 0 Å². The third-order valence-electron chi connectivity index (χ3n) is 7.96. The first-order valence-corrected chi connectivity index (χ1v) is 16.0. The molecule has 1 N–H and O–H groups in total. The van der Waals surface area contributed by atoms with Crippen molar-refractivity contribution in [3.05, 3.63) is 94.0 Å². The van der Waals surface area contributed by atoms with E-state index in [1.165, 1.54) is 43.2 Å². The van der Waals surface area contributed by atoms with Gasteiger partial charge in [0.05, 0.1) is 22.6 Å². The van der Waals surface area contributed by atoms with Crippen molar-refractivity contribution in [2.75, 3.05) is 24.5 Å². The molecule has 3 aromatic carbocycles. The van der Waals surface area contributed by atoms with Crippen LogP contribution in [0.4, 0.5) is 11.4 Å². The van der Waals surface area contributed by atoms with Crippen molar-refractivity contribution >= 4 is 33.2 Å². The third kappa shape index (κ3) is 7.73. The van der Waals surface area contributed by atoms with Crippen LogP contribution in [0.15, 0.2) is 77.7 Å². The number of carbonyl (C=O) groups is 2. The van der Waals surface area contributed by atoms with Gasteiger partial charge in [0.15, 0.2) is 0 Å². The molecule has 0 radical (unpaired) electrons. The molecule has 2 amide bonds. The van der Waals surface area contributed by atoms with Crippen LogP contribution in [0.3, 0.4) is 0 Å². The molecule has 0 heterocycles. The molecule has 0 saturated heterocycles. The maximum atomic E-state index is 14.1. The normalized spacial score (nSPS) is 14.1. The second kappa shape index (κ2) is 14.3. The number of amides is 2. The number of benzene rings is 3. The van der Waals surface area contributed by atoms with Crippen molar-refractivity contribution in [2.45, 2.75) is 62.9 Å². The van der Waals surface area contributed by atoms with Crippen LogP contribution >= 0.6 is 0 Å². The van der Waals surface area contributed by atoms with E-state index < -0.39 is 33.4 Å². The van der Waals surface area contributed by atoms with Gasteiger partial charge in [-0.15, -0.1) is 0 Å². The number of ether oxygens (including phenoxy) is 1. The fourth-order valence-electron chi connectivity index (χ4n) is 5.31. The fourth-order valence-corrected chi connectivity index (χ4v) is 6.75. The molecule has 234 valence electrons. The summed E-state index contributed by atoms with van der Waals surface area (Å²) < 4.78 is 34.3. The van der Waals surface area contributed by atoms with Crippen molar-refractivity contribution < 1.29 is 27.7 Å². The largest absolute Gasteiger partial charge is 0.497 e. The van der Waals surface area contributed by atoms with E-state index in [1.54, 1.807) is 19.1 Å². The first kappa shape index (κ1) is 32.5. The SMILES string of the molecule is COc1ccc(N(CC(=O)N(CCc2ccccc2)C(C)C(=O)NC2CCCC2)S(=O)(=O)c2ccc(C)c([N+](=O)[O-])c2)cc1. The van der Waals surface area contributed by atoms with Gasteiger partial charge in [0.1, 0.15) is 18.3 Å². The number of carbonyl (C=O) groups excluding carboxylic acids is 2. The predicted molar refractivity (Wildman–Crippen MR) is 167 cm³/mol. The van der Waals surface area contributed by atoms with Crippen molar-refractivity contribution in [2.24, 2.45) is 0 Å². The maximum Gasteiger partial charge on any atom is 0.273 e. The van der Waals surface area contributed by atoms with Gasteiger partial charge in [0.2, 0.25) is 11.8 Å². The molecule has 3 aromatic rings. The van der Waals surface area contributed by atoms with Crippen molar-refractivity contribution in [3.8, 4) is 5.75 Å². The Morgan fingerprint density at radius 1 is 1.05 bits per heavy atom. The first-order valence-electron chi connectivity index (χ1n) is 14.6. The summed E-state index contributed by atoms with van der Waals surface area (Å²) >= 11 is 0. The Bertz CT molecular complexity index is 1570. The zero-order valence-corrected chi connectivity index (χ0v) is 26.0. The molecule has 12 heteroatoms. The number of nitrogens with zero attached hydrogens (tertiary/aromatic N) is 3. The molecule has 0 aromatic heterocycles. The number of sulfonamides is 1. The standard InChI is InChI=1S/C32H38N4O7S/c1-23-13-18-29(21-30(23)36(39)40)44(41,42)35(27-14-16-28(43-3)17-15-27)22-31(37)34(20-19-25-9-5-4-6-10-25)24(2)32(38)33-26-11-7-8-12-26/h4-6,9-10,13-18,21,24,26H,7-8,11-12,19-20,22H2,1-3H3,(H,33,38). The van der Waals surface area contributed by atoms with Gasteiger partial charge in [-0.25, -0.2) is 8.42 Å². The van der Waals surface area contributed by atoms with E-state index in [9.17, 15) is 28.1 Å². The molecular weight excluding hydrogens is 584 g/mol. The Morgan fingerprint density at radius 2 is 1.70 bits per heavy atom. The van der Waals surface area contributed by atoms with Crippen LogP contribution < -0.4 is 14.4 Å². The van der Waals surface area contributed by atoms with Crippen molar-refractivity contribution in [1.29, 1.82) is 0 Å². The summed E-state index contributed by atoms with van der Waals surface area (Å²) in [5.74, 6) is -0.410. The molecule has 1 saturated carbocycles. The van der Waals surface area contributed by atoms with Gasteiger partial charge in [-0.2, -0.15) is 0 Å². The van der Waals surface area contributed by atoms with E-state index in [2.05, 4.69) is 5.32 Å². The van der Waals surface area contributed by atoms with Gasteiger partial charge >= 0.3 is 0 Å². The molecule has 0 bridgehead atoms. The number of hydrogen-bond acceptors (Lipinski definition) is 7. The van der Waals surface area contributed by atoms with Crippen LogP contribution in [0, 0.1) is 17.0 Å². The van der Waals surface area contributed by atoms with E-state index in [1.807, 2.05) is 30.3 Å². The minimum absolute atomic E-state index is 0.0459. The summed E-state index contributed by atoms with van der Waals surface area (Å²) in [4.78, 5) is 39.4. The number of nitro groups is 1. The summed E-state index contributed by atoms with van der Waals surface area (Å²) in [6.07, 6.45) is 4.27. The highest BCUT2D eigenvalue weighted by atomic mass is 32.2. The number of methoxy groups -OCH3 is 1. The van der Waals surface area contributed by atoms with Gasteiger partial charge in [0, 0.05) is 24.2 Å². The number of rotatable bonds is 13. The summed E-state index contributed by atoms with van der Waals surface area (Å²) in [7, 11) is -2.99. The quantitative estimate of drug-likeness (QED) is 0.217. The molecule has 0 aliphatic heterocycles. The lowest BCUT2D eigenvalue weighted by molar-refractivity contribution is -0.385. The molecule has 0 spiro atoms. The molecule has 44 heavy (non-hydrogen) atoms. The van der Waals surface area contributed by atoms with Gasteiger partial charge in [-0.05, 0) is 69.0 Å². The molecule has 1 atom stereocenters. The maximum absolute atomic E-state index is 14.1.